The van der Waals surface area contributed by atoms with Gasteiger partial charge < -0.3 is 24.1 Å². The highest BCUT2D eigenvalue weighted by Crippen LogP contribution is 2.31. The second-order valence-electron chi connectivity index (χ2n) is 8.48. The SMILES string of the molecule is C=NO/C(C)=C(\C)C(=O)N1CC[C@H](Oc2ncnc3c2CN(c2cnc(OC)c(C)c2)CC3)C1. The third-order valence-electron chi connectivity index (χ3n) is 6.30. The van der Waals surface area contributed by atoms with Crippen molar-refractivity contribution in [2.24, 2.45) is 5.16 Å². The minimum atomic E-state index is -0.144. The Morgan fingerprint density at radius 2 is 2.03 bits per heavy atom. The molecule has 1 amide bonds. The van der Waals surface area contributed by atoms with Gasteiger partial charge in [-0.1, -0.05) is 5.16 Å². The molecule has 0 N–H and O–H groups in total. The number of aryl methyl sites for hydroxylation is 1. The summed E-state index contributed by atoms with van der Waals surface area (Å²) in [5, 5.41) is 3.39. The van der Waals surface area contributed by atoms with E-state index in [0.717, 1.165) is 41.9 Å². The van der Waals surface area contributed by atoms with Crippen molar-refractivity contribution in [1.82, 2.24) is 19.9 Å². The molecule has 0 radical (unpaired) electrons. The Morgan fingerprint density at radius 3 is 2.76 bits per heavy atom. The molecule has 1 atom stereocenters. The first-order valence-corrected chi connectivity index (χ1v) is 11.3. The number of aromatic nitrogens is 3. The van der Waals surface area contributed by atoms with Crippen molar-refractivity contribution in [1.29, 1.82) is 0 Å². The molecule has 2 aliphatic heterocycles. The number of anilines is 1. The lowest BCUT2D eigenvalue weighted by atomic mass is 10.1. The quantitative estimate of drug-likeness (QED) is 0.266. The molecule has 34 heavy (non-hydrogen) atoms. The summed E-state index contributed by atoms with van der Waals surface area (Å²) in [6, 6.07) is 2.07. The number of methoxy groups -OCH3 is 1. The number of ether oxygens (including phenoxy) is 2. The van der Waals surface area contributed by atoms with E-state index in [1.54, 1.807) is 32.2 Å². The summed E-state index contributed by atoms with van der Waals surface area (Å²) in [6.07, 6.45) is 4.74. The zero-order valence-electron chi connectivity index (χ0n) is 20.1. The average Bonchev–Trinajstić information content (AvgIpc) is 3.31. The van der Waals surface area contributed by atoms with Crippen molar-refractivity contribution in [2.45, 2.75) is 46.3 Å². The third-order valence-corrected chi connectivity index (χ3v) is 6.30. The molecule has 4 rings (SSSR count). The molecule has 2 aliphatic rings. The molecule has 0 aliphatic carbocycles. The zero-order chi connectivity index (χ0) is 24.2. The first-order chi connectivity index (χ1) is 16.4. The van der Waals surface area contributed by atoms with E-state index in [1.165, 1.54) is 0 Å². The zero-order valence-corrected chi connectivity index (χ0v) is 20.1. The van der Waals surface area contributed by atoms with Gasteiger partial charge in [0.15, 0.2) is 0 Å². The number of carbonyl (C=O) groups is 1. The Labute approximate surface area is 199 Å². The van der Waals surface area contributed by atoms with E-state index in [1.807, 2.05) is 13.1 Å². The summed E-state index contributed by atoms with van der Waals surface area (Å²) in [6.45, 7) is 11.2. The van der Waals surface area contributed by atoms with Crippen LogP contribution < -0.4 is 14.4 Å². The second-order valence-corrected chi connectivity index (χ2v) is 8.48. The molecular formula is C24H30N6O4. The number of hydrogen-bond donors (Lipinski definition) is 0. The van der Waals surface area contributed by atoms with Crippen LogP contribution in [0.25, 0.3) is 0 Å². The molecule has 1 fully saturated rings. The van der Waals surface area contributed by atoms with Gasteiger partial charge in [-0.3, -0.25) is 4.79 Å². The number of hydrogen-bond acceptors (Lipinski definition) is 9. The number of carbonyl (C=O) groups excluding carboxylic acids is 1. The average molecular weight is 467 g/mol. The Morgan fingerprint density at radius 1 is 1.21 bits per heavy atom. The number of fused-ring (bicyclic) bond motifs is 1. The van der Waals surface area contributed by atoms with E-state index in [-0.39, 0.29) is 12.0 Å². The first-order valence-electron chi connectivity index (χ1n) is 11.3. The van der Waals surface area contributed by atoms with E-state index < -0.39 is 0 Å². The van der Waals surface area contributed by atoms with E-state index >= 15 is 0 Å². The number of pyridine rings is 1. The van der Waals surface area contributed by atoms with E-state index in [2.05, 4.69) is 37.8 Å². The number of amides is 1. The summed E-state index contributed by atoms with van der Waals surface area (Å²) in [7, 11) is 1.62. The molecule has 0 unspecified atom stereocenters. The molecule has 0 saturated carbocycles. The van der Waals surface area contributed by atoms with E-state index in [0.29, 0.717) is 42.7 Å². The standard InChI is InChI=1S/C24H30N6O4/c1-15-10-18(11-26-22(15)32-5)29-9-7-21-20(13-29)23(28-14-27-21)33-19-6-8-30(12-19)24(31)16(2)17(3)34-25-4/h10-11,14,19H,4,6-9,12-13H2,1-3,5H3/b17-16+/t19-/m0/s1. The Hall–Kier alpha value is -3.69. The van der Waals surface area contributed by atoms with Crippen molar-refractivity contribution in [2.75, 3.05) is 31.6 Å². The van der Waals surface area contributed by atoms with Gasteiger partial charge in [0.25, 0.3) is 5.91 Å². The lowest BCUT2D eigenvalue weighted by Gasteiger charge is -2.31. The highest BCUT2D eigenvalue weighted by atomic mass is 16.6. The molecule has 10 heteroatoms. The van der Waals surface area contributed by atoms with Crippen molar-refractivity contribution < 1.29 is 19.1 Å². The maximum atomic E-state index is 12.8. The molecule has 2 aromatic rings. The fourth-order valence-corrected chi connectivity index (χ4v) is 4.29. The van der Waals surface area contributed by atoms with Gasteiger partial charge in [0.2, 0.25) is 11.8 Å². The number of allylic oxidation sites excluding steroid dienone is 1. The smallest absolute Gasteiger partial charge is 0.253 e. The summed E-state index contributed by atoms with van der Waals surface area (Å²) in [4.78, 5) is 35.1. The van der Waals surface area contributed by atoms with Gasteiger partial charge in [0.1, 0.15) is 18.2 Å². The van der Waals surface area contributed by atoms with Crippen LogP contribution in [0.4, 0.5) is 5.69 Å². The lowest BCUT2D eigenvalue weighted by Crippen LogP contribution is -2.33. The van der Waals surface area contributed by atoms with Gasteiger partial charge in [-0.25, -0.2) is 15.0 Å². The first kappa shape index (κ1) is 23.5. The van der Waals surface area contributed by atoms with Crippen LogP contribution in [-0.4, -0.2) is 65.3 Å². The topological polar surface area (TPSA) is 102 Å². The number of rotatable bonds is 7. The van der Waals surface area contributed by atoms with Crippen LogP contribution in [0.3, 0.4) is 0 Å². The summed E-state index contributed by atoms with van der Waals surface area (Å²) < 4.78 is 11.6. The molecule has 0 aromatic carbocycles. The summed E-state index contributed by atoms with van der Waals surface area (Å²) >= 11 is 0. The van der Waals surface area contributed by atoms with Gasteiger partial charge >= 0.3 is 0 Å². The summed E-state index contributed by atoms with van der Waals surface area (Å²) in [5.74, 6) is 1.55. The fourth-order valence-electron chi connectivity index (χ4n) is 4.29. The van der Waals surface area contributed by atoms with Gasteiger partial charge in [-0.2, -0.15) is 0 Å². The highest BCUT2D eigenvalue weighted by Gasteiger charge is 2.31. The number of nitrogens with zero attached hydrogens (tertiary/aromatic N) is 6. The van der Waals surface area contributed by atoms with Crippen molar-refractivity contribution in [3.8, 4) is 11.8 Å². The minimum absolute atomic E-state index is 0.0921. The van der Waals surface area contributed by atoms with Gasteiger partial charge in [-0.05, 0) is 26.8 Å². The van der Waals surface area contributed by atoms with Crippen LogP contribution in [0.15, 0.2) is 35.1 Å². The van der Waals surface area contributed by atoms with Crippen LogP contribution in [0.2, 0.25) is 0 Å². The predicted molar refractivity (Wildman–Crippen MR) is 127 cm³/mol. The molecule has 4 heterocycles. The molecule has 0 bridgehead atoms. The third kappa shape index (κ3) is 4.80. The minimum Gasteiger partial charge on any atom is -0.481 e. The Kier molecular flexibility index (Phi) is 6.95. The predicted octanol–water partition coefficient (Wildman–Crippen LogP) is 2.66. The van der Waals surface area contributed by atoms with Crippen LogP contribution in [0.5, 0.6) is 11.8 Å². The van der Waals surface area contributed by atoms with Crippen molar-refractivity contribution >= 4 is 18.3 Å². The second kappa shape index (κ2) is 10.1. The number of oxime groups is 1. The van der Waals surface area contributed by atoms with E-state index in [4.69, 9.17) is 14.3 Å². The van der Waals surface area contributed by atoms with Crippen molar-refractivity contribution in [3.05, 3.63) is 46.7 Å². The van der Waals surface area contributed by atoms with Crippen LogP contribution in [0, 0.1) is 6.92 Å². The fraction of sp³-hybridized carbons (Fsp3) is 0.458. The Bertz CT molecular complexity index is 1120. The molecule has 180 valence electrons. The lowest BCUT2D eigenvalue weighted by molar-refractivity contribution is -0.126. The maximum Gasteiger partial charge on any atom is 0.253 e. The van der Waals surface area contributed by atoms with E-state index in [9.17, 15) is 4.79 Å². The molecule has 10 nitrogen and oxygen atoms in total. The molecule has 2 aromatic heterocycles. The normalized spacial score (nSPS) is 18.2. The van der Waals surface area contributed by atoms with Gasteiger partial charge in [0.05, 0.1) is 48.9 Å². The van der Waals surface area contributed by atoms with Crippen LogP contribution in [0.1, 0.15) is 37.1 Å². The van der Waals surface area contributed by atoms with Gasteiger partial charge in [0, 0.05) is 38.2 Å². The summed E-state index contributed by atoms with van der Waals surface area (Å²) in [5.41, 5.74) is 4.48. The maximum absolute atomic E-state index is 12.8. The number of likely N-dealkylation sites (tertiary alicyclic amines) is 1. The largest absolute Gasteiger partial charge is 0.481 e. The molecule has 1 saturated heterocycles. The van der Waals surface area contributed by atoms with Gasteiger partial charge in [-0.15, -0.1) is 0 Å². The molecular weight excluding hydrogens is 436 g/mol. The monoisotopic (exact) mass is 466 g/mol. The Balaban J connectivity index is 1.46. The van der Waals surface area contributed by atoms with Crippen LogP contribution in [-0.2, 0) is 22.6 Å². The van der Waals surface area contributed by atoms with Crippen molar-refractivity contribution in [3.63, 3.8) is 0 Å². The highest BCUT2D eigenvalue weighted by molar-refractivity contribution is 5.93. The molecule has 0 spiro atoms. The van der Waals surface area contributed by atoms with Crippen LogP contribution >= 0.6 is 0 Å².